The van der Waals surface area contributed by atoms with Crippen molar-refractivity contribution in [3.8, 4) is 5.75 Å². The average Bonchev–Trinajstić information content (AvgIpc) is 2.77. The molecule has 1 unspecified atom stereocenters. The van der Waals surface area contributed by atoms with Crippen LogP contribution in [-0.2, 0) is 29.1 Å². The maximum atomic E-state index is 11.7. The summed E-state index contributed by atoms with van der Waals surface area (Å²) in [5, 5.41) is 10.6. The summed E-state index contributed by atoms with van der Waals surface area (Å²) in [7, 11) is 1.63. The number of rotatable bonds is 12. The SMILES string of the molecule is COc1ccc(CO[C@@H](COCc2ccccc2)CC(O)Cc2cc(=O)cc(C)o2)cc1. The fourth-order valence-corrected chi connectivity index (χ4v) is 3.39. The number of methoxy groups -OCH3 is 1. The van der Waals surface area contributed by atoms with E-state index in [2.05, 4.69) is 0 Å². The molecule has 3 rings (SSSR count). The second-order valence-electron chi connectivity index (χ2n) is 7.75. The fraction of sp³-hybridized carbons (Fsp3) is 0.346. The lowest BCUT2D eigenvalue weighted by Crippen LogP contribution is -2.27. The zero-order valence-corrected chi connectivity index (χ0v) is 18.5. The lowest BCUT2D eigenvalue weighted by Gasteiger charge is -2.21. The predicted octanol–water partition coefficient (Wildman–Crippen LogP) is 4.05. The molecule has 6 heteroatoms. The summed E-state index contributed by atoms with van der Waals surface area (Å²) in [6.07, 6.45) is -0.478. The first kappa shape index (κ1) is 23.7. The zero-order chi connectivity index (χ0) is 22.8. The number of ether oxygens (including phenoxy) is 3. The van der Waals surface area contributed by atoms with Gasteiger partial charge in [0.15, 0.2) is 5.43 Å². The quantitative estimate of drug-likeness (QED) is 0.460. The van der Waals surface area contributed by atoms with Crippen LogP contribution in [-0.4, -0.2) is 31.0 Å². The maximum Gasteiger partial charge on any atom is 0.185 e. The molecule has 0 aliphatic carbocycles. The van der Waals surface area contributed by atoms with E-state index in [-0.39, 0.29) is 18.0 Å². The zero-order valence-electron chi connectivity index (χ0n) is 18.5. The molecular weight excluding hydrogens is 408 g/mol. The molecule has 170 valence electrons. The Morgan fingerprint density at radius 2 is 1.69 bits per heavy atom. The summed E-state index contributed by atoms with van der Waals surface area (Å²) < 4.78 is 22.7. The Balaban J connectivity index is 1.59. The van der Waals surface area contributed by atoms with Gasteiger partial charge in [0.25, 0.3) is 0 Å². The average molecular weight is 439 g/mol. The van der Waals surface area contributed by atoms with Crippen LogP contribution in [0.15, 0.2) is 75.9 Å². The molecule has 1 N–H and O–H groups in total. The second kappa shape index (κ2) is 12.2. The van der Waals surface area contributed by atoms with Crippen molar-refractivity contribution in [2.45, 2.75) is 45.2 Å². The number of aliphatic hydroxyl groups excluding tert-OH is 1. The lowest BCUT2D eigenvalue weighted by atomic mass is 10.1. The van der Waals surface area contributed by atoms with Crippen molar-refractivity contribution in [2.24, 2.45) is 0 Å². The summed E-state index contributed by atoms with van der Waals surface area (Å²) >= 11 is 0. The molecule has 0 spiro atoms. The molecular formula is C26H30O6. The van der Waals surface area contributed by atoms with E-state index in [0.29, 0.717) is 37.8 Å². The minimum absolute atomic E-state index is 0.130. The normalized spacial score (nSPS) is 13.0. The van der Waals surface area contributed by atoms with Crippen LogP contribution in [0.3, 0.4) is 0 Å². The second-order valence-corrected chi connectivity index (χ2v) is 7.75. The summed E-state index contributed by atoms with van der Waals surface area (Å²) in [5.74, 6) is 1.77. The molecule has 0 amide bonds. The van der Waals surface area contributed by atoms with Crippen LogP contribution in [0, 0.1) is 6.92 Å². The third kappa shape index (κ3) is 7.96. The Labute approximate surface area is 188 Å². The molecule has 0 aliphatic heterocycles. The van der Waals surface area contributed by atoms with Crippen LogP contribution >= 0.6 is 0 Å². The maximum absolute atomic E-state index is 11.7. The summed E-state index contributed by atoms with van der Waals surface area (Å²) in [4.78, 5) is 11.7. The molecule has 0 saturated heterocycles. The molecule has 1 heterocycles. The van der Waals surface area contributed by atoms with E-state index in [4.69, 9.17) is 18.6 Å². The molecule has 32 heavy (non-hydrogen) atoms. The van der Waals surface area contributed by atoms with Crippen LogP contribution in [0.1, 0.15) is 29.1 Å². The minimum atomic E-state index is -0.735. The Morgan fingerprint density at radius 1 is 0.969 bits per heavy atom. The van der Waals surface area contributed by atoms with Crippen LogP contribution in [0.25, 0.3) is 0 Å². The van der Waals surface area contributed by atoms with Gasteiger partial charge < -0.3 is 23.7 Å². The molecule has 0 radical (unpaired) electrons. The summed E-state index contributed by atoms with van der Waals surface area (Å²) in [5.41, 5.74) is 1.94. The van der Waals surface area contributed by atoms with Gasteiger partial charge in [-0.05, 0) is 30.2 Å². The van der Waals surface area contributed by atoms with Gasteiger partial charge in [-0.25, -0.2) is 0 Å². The van der Waals surface area contributed by atoms with Crippen LogP contribution in [0.5, 0.6) is 5.75 Å². The largest absolute Gasteiger partial charge is 0.497 e. The van der Waals surface area contributed by atoms with Gasteiger partial charge in [0.05, 0.1) is 39.1 Å². The number of aryl methyl sites for hydroxylation is 1. The lowest BCUT2D eigenvalue weighted by molar-refractivity contribution is -0.0511. The van der Waals surface area contributed by atoms with Gasteiger partial charge in [-0.2, -0.15) is 0 Å². The number of hydrogen-bond donors (Lipinski definition) is 1. The van der Waals surface area contributed by atoms with Crippen molar-refractivity contribution >= 4 is 0 Å². The van der Waals surface area contributed by atoms with Gasteiger partial charge in [-0.15, -0.1) is 0 Å². The topological polar surface area (TPSA) is 78.1 Å². The van der Waals surface area contributed by atoms with E-state index >= 15 is 0 Å². The number of aliphatic hydroxyl groups is 1. The smallest absolute Gasteiger partial charge is 0.185 e. The highest BCUT2D eigenvalue weighted by atomic mass is 16.5. The van der Waals surface area contributed by atoms with Crippen molar-refractivity contribution in [3.05, 3.63) is 99.6 Å². The molecule has 1 aromatic heterocycles. The first-order valence-electron chi connectivity index (χ1n) is 10.7. The monoisotopic (exact) mass is 438 g/mol. The molecule has 3 aromatic rings. The van der Waals surface area contributed by atoms with Crippen molar-refractivity contribution in [1.82, 2.24) is 0 Å². The fourth-order valence-electron chi connectivity index (χ4n) is 3.39. The highest BCUT2D eigenvalue weighted by Crippen LogP contribution is 2.16. The molecule has 0 aliphatic rings. The van der Waals surface area contributed by atoms with Crippen molar-refractivity contribution in [3.63, 3.8) is 0 Å². The molecule has 2 atom stereocenters. The van der Waals surface area contributed by atoms with Gasteiger partial charge in [-0.1, -0.05) is 42.5 Å². The first-order valence-corrected chi connectivity index (χ1v) is 10.7. The highest BCUT2D eigenvalue weighted by Gasteiger charge is 2.18. The van der Waals surface area contributed by atoms with Gasteiger partial charge in [0.1, 0.15) is 17.3 Å². The van der Waals surface area contributed by atoms with Gasteiger partial charge in [-0.3, -0.25) is 4.79 Å². The Hall–Kier alpha value is -2.93. The van der Waals surface area contributed by atoms with E-state index in [1.165, 1.54) is 12.1 Å². The van der Waals surface area contributed by atoms with E-state index < -0.39 is 6.10 Å². The molecule has 0 fully saturated rings. The number of benzene rings is 2. The van der Waals surface area contributed by atoms with Crippen LogP contribution in [0.4, 0.5) is 0 Å². The van der Waals surface area contributed by atoms with Crippen LogP contribution < -0.4 is 10.2 Å². The predicted molar refractivity (Wildman–Crippen MR) is 122 cm³/mol. The summed E-state index contributed by atoms with van der Waals surface area (Å²) in [6.45, 7) is 2.90. The van der Waals surface area contributed by atoms with Gasteiger partial charge >= 0.3 is 0 Å². The van der Waals surface area contributed by atoms with Crippen molar-refractivity contribution in [2.75, 3.05) is 13.7 Å². The summed E-state index contributed by atoms with van der Waals surface area (Å²) in [6, 6.07) is 20.4. The molecule has 0 bridgehead atoms. The third-order valence-electron chi connectivity index (χ3n) is 4.97. The Morgan fingerprint density at radius 3 is 2.38 bits per heavy atom. The molecule has 6 nitrogen and oxygen atoms in total. The third-order valence-corrected chi connectivity index (χ3v) is 4.97. The van der Waals surface area contributed by atoms with Crippen molar-refractivity contribution in [1.29, 1.82) is 0 Å². The van der Waals surface area contributed by atoms with E-state index in [1.54, 1.807) is 14.0 Å². The van der Waals surface area contributed by atoms with E-state index in [0.717, 1.165) is 16.9 Å². The van der Waals surface area contributed by atoms with E-state index in [1.807, 2.05) is 54.6 Å². The minimum Gasteiger partial charge on any atom is -0.497 e. The Kier molecular flexibility index (Phi) is 9.04. The van der Waals surface area contributed by atoms with Gasteiger partial charge in [0, 0.05) is 25.0 Å². The number of hydrogen-bond acceptors (Lipinski definition) is 6. The standard InChI is InChI=1S/C26H30O6/c1-19-12-22(27)13-25(32-19)14-23(28)15-26(18-30-16-20-6-4-3-5-7-20)31-17-21-8-10-24(29-2)11-9-21/h3-13,23,26,28H,14-18H2,1-2H3/t23?,26-/m1/s1. The van der Waals surface area contributed by atoms with Crippen LogP contribution in [0.2, 0.25) is 0 Å². The highest BCUT2D eigenvalue weighted by molar-refractivity contribution is 5.26. The first-order chi connectivity index (χ1) is 15.5. The molecule has 0 saturated carbocycles. The van der Waals surface area contributed by atoms with Gasteiger partial charge in [0.2, 0.25) is 0 Å². The van der Waals surface area contributed by atoms with Crippen molar-refractivity contribution < 1.29 is 23.7 Å². The molecule has 2 aromatic carbocycles. The Bertz CT molecular complexity index is 997. The van der Waals surface area contributed by atoms with E-state index in [9.17, 15) is 9.90 Å².